The van der Waals surface area contributed by atoms with Crippen molar-refractivity contribution in [2.75, 3.05) is 5.32 Å². The first-order chi connectivity index (χ1) is 12.0. The number of aromatic nitrogens is 1. The van der Waals surface area contributed by atoms with Gasteiger partial charge in [0.05, 0.1) is 6.54 Å². The molecule has 0 unspecified atom stereocenters. The lowest BCUT2D eigenvalue weighted by molar-refractivity contribution is 0.516. The Morgan fingerprint density at radius 1 is 1.24 bits per heavy atom. The van der Waals surface area contributed by atoms with Gasteiger partial charge in [0.15, 0.2) is 5.11 Å². The van der Waals surface area contributed by atoms with E-state index in [1.807, 2.05) is 49.4 Å². The summed E-state index contributed by atoms with van der Waals surface area (Å²) < 4.78 is 6.77. The summed E-state index contributed by atoms with van der Waals surface area (Å²) >= 11 is 14.6. The third-order valence-electron chi connectivity index (χ3n) is 3.49. The van der Waals surface area contributed by atoms with Crippen LogP contribution >= 0.6 is 39.7 Å². The number of rotatable bonds is 4. The van der Waals surface area contributed by atoms with E-state index in [9.17, 15) is 0 Å². The van der Waals surface area contributed by atoms with Crippen LogP contribution in [0.1, 0.15) is 11.3 Å². The summed E-state index contributed by atoms with van der Waals surface area (Å²) in [6, 6.07) is 13.3. The molecule has 0 radical (unpaired) electrons. The van der Waals surface area contributed by atoms with Crippen molar-refractivity contribution >= 4 is 50.7 Å². The highest BCUT2D eigenvalue weighted by Gasteiger charge is 2.07. The van der Waals surface area contributed by atoms with Crippen LogP contribution < -0.4 is 10.6 Å². The second-order valence-corrected chi connectivity index (χ2v) is 7.16. The first-order valence-corrected chi connectivity index (χ1v) is 9.11. The Balaban J connectivity index is 1.58. The zero-order valence-corrected chi connectivity index (χ0v) is 16.5. The summed E-state index contributed by atoms with van der Waals surface area (Å²) in [6.07, 6.45) is 1.73. The molecular weight excluding hydrogens is 422 g/mol. The van der Waals surface area contributed by atoms with Gasteiger partial charge >= 0.3 is 0 Å². The highest BCUT2D eigenvalue weighted by atomic mass is 79.9. The second-order valence-electron chi connectivity index (χ2n) is 5.40. The molecule has 2 N–H and O–H groups in total. The van der Waals surface area contributed by atoms with E-state index < -0.39 is 0 Å². The van der Waals surface area contributed by atoms with E-state index in [1.54, 1.807) is 6.20 Å². The Kier molecular flexibility index (Phi) is 5.73. The Hall–Kier alpha value is -1.89. The van der Waals surface area contributed by atoms with Crippen LogP contribution in [-0.4, -0.2) is 10.1 Å². The van der Waals surface area contributed by atoms with E-state index in [1.165, 1.54) is 0 Å². The van der Waals surface area contributed by atoms with Crippen LogP contribution in [0, 0.1) is 6.92 Å². The van der Waals surface area contributed by atoms with Gasteiger partial charge in [-0.3, -0.25) is 0 Å². The number of nitrogens with one attached hydrogen (secondary N) is 2. The van der Waals surface area contributed by atoms with E-state index in [0.717, 1.165) is 32.9 Å². The molecule has 0 aliphatic carbocycles. The van der Waals surface area contributed by atoms with Crippen LogP contribution in [0.2, 0.25) is 5.02 Å². The molecule has 0 saturated carbocycles. The Bertz CT molecular complexity index is 896. The van der Waals surface area contributed by atoms with Crippen LogP contribution in [0.5, 0.6) is 0 Å². The van der Waals surface area contributed by atoms with Crippen molar-refractivity contribution in [1.82, 2.24) is 10.3 Å². The first-order valence-electron chi connectivity index (χ1n) is 7.53. The maximum absolute atomic E-state index is 5.91. The van der Waals surface area contributed by atoms with Gasteiger partial charge < -0.3 is 15.1 Å². The molecule has 0 amide bonds. The predicted octanol–water partition coefficient (Wildman–Crippen LogP) is 5.55. The molecule has 0 atom stereocenters. The minimum absolute atomic E-state index is 0.481. The fourth-order valence-electron chi connectivity index (χ4n) is 2.23. The Morgan fingerprint density at radius 3 is 2.72 bits per heavy atom. The molecule has 2 aromatic heterocycles. The lowest BCUT2D eigenvalue weighted by atomic mass is 10.2. The highest BCUT2D eigenvalue weighted by Crippen LogP contribution is 2.23. The number of anilines is 1. The largest absolute Gasteiger partial charge is 0.459 e. The van der Waals surface area contributed by atoms with Crippen LogP contribution in [0.4, 0.5) is 5.82 Å². The molecule has 0 bridgehead atoms. The third kappa shape index (κ3) is 4.81. The molecule has 25 heavy (non-hydrogen) atoms. The average Bonchev–Trinajstić information content (AvgIpc) is 3.05. The zero-order valence-electron chi connectivity index (χ0n) is 13.3. The van der Waals surface area contributed by atoms with E-state index in [0.29, 0.717) is 16.7 Å². The topological polar surface area (TPSA) is 50.1 Å². The smallest absolute Gasteiger partial charge is 0.172 e. The number of hydrogen-bond acceptors (Lipinski definition) is 3. The summed E-state index contributed by atoms with van der Waals surface area (Å²) in [7, 11) is 0. The third-order valence-corrected chi connectivity index (χ3v) is 4.42. The predicted molar refractivity (Wildman–Crippen MR) is 109 cm³/mol. The van der Waals surface area contributed by atoms with Gasteiger partial charge in [0.2, 0.25) is 0 Å². The standard InChI is InChI=1S/C18H15BrClN3OS/c1-11-8-13(19)9-21-17(11)23-18(25)22-10-15-6-7-16(24-15)12-2-4-14(20)5-3-12/h2-9H,10H2,1H3,(H2,21,22,23,25). The zero-order chi connectivity index (χ0) is 17.8. The van der Waals surface area contributed by atoms with E-state index >= 15 is 0 Å². The number of thiocarbonyl (C=S) groups is 1. The summed E-state index contributed by atoms with van der Waals surface area (Å²) in [4.78, 5) is 4.30. The molecular formula is C18H15BrClN3OS. The number of pyridine rings is 1. The minimum atomic E-state index is 0.481. The summed E-state index contributed by atoms with van der Waals surface area (Å²) in [5, 5.41) is 7.39. The number of furan rings is 1. The van der Waals surface area contributed by atoms with Crippen molar-refractivity contribution in [3.8, 4) is 11.3 Å². The number of aryl methyl sites for hydroxylation is 1. The second kappa shape index (κ2) is 7.99. The van der Waals surface area contributed by atoms with Crippen molar-refractivity contribution in [2.24, 2.45) is 0 Å². The molecule has 1 aromatic carbocycles. The maximum Gasteiger partial charge on any atom is 0.172 e. The fraction of sp³-hybridized carbons (Fsp3) is 0.111. The Labute approximate surface area is 164 Å². The number of halogens is 2. The lowest BCUT2D eigenvalue weighted by Gasteiger charge is -2.11. The quantitative estimate of drug-likeness (QED) is 0.525. The SMILES string of the molecule is Cc1cc(Br)cnc1NC(=S)NCc1ccc(-c2ccc(Cl)cc2)o1. The molecule has 0 aliphatic rings. The van der Waals surface area contributed by atoms with Crippen LogP contribution in [0.3, 0.4) is 0 Å². The number of hydrogen-bond donors (Lipinski definition) is 2. The number of benzene rings is 1. The molecule has 0 aliphatic heterocycles. The van der Waals surface area contributed by atoms with Gasteiger partial charge in [-0.05, 0) is 83.1 Å². The van der Waals surface area contributed by atoms with E-state index in [-0.39, 0.29) is 0 Å². The van der Waals surface area contributed by atoms with Crippen LogP contribution in [0.25, 0.3) is 11.3 Å². The highest BCUT2D eigenvalue weighted by molar-refractivity contribution is 9.10. The van der Waals surface area contributed by atoms with Crippen molar-refractivity contribution in [1.29, 1.82) is 0 Å². The fourth-order valence-corrected chi connectivity index (χ4v) is 2.97. The van der Waals surface area contributed by atoms with Gasteiger partial charge in [0.25, 0.3) is 0 Å². The Morgan fingerprint density at radius 2 is 2.00 bits per heavy atom. The summed E-state index contributed by atoms with van der Waals surface area (Å²) in [5.41, 5.74) is 1.98. The molecule has 4 nitrogen and oxygen atoms in total. The molecule has 0 saturated heterocycles. The van der Waals surface area contributed by atoms with Gasteiger partial charge in [-0.1, -0.05) is 11.6 Å². The lowest BCUT2D eigenvalue weighted by Crippen LogP contribution is -2.28. The molecule has 7 heteroatoms. The normalized spacial score (nSPS) is 10.5. The molecule has 0 fully saturated rings. The van der Waals surface area contributed by atoms with Gasteiger partial charge in [0.1, 0.15) is 17.3 Å². The van der Waals surface area contributed by atoms with Gasteiger partial charge in [0, 0.05) is 21.3 Å². The number of nitrogens with zero attached hydrogens (tertiary/aromatic N) is 1. The van der Waals surface area contributed by atoms with Gasteiger partial charge in [-0.2, -0.15) is 0 Å². The molecule has 2 heterocycles. The maximum atomic E-state index is 5.91. The van der Waals surface area contributed by atoms with Crippen LogP contribution in [0.15, 0.2) is 57.6 Å². The van der Waals surface area contributed by atoms with E-state index in [2.05, 4.69) is 31.5 Å². The van der Waals surface area contributed by atoms with Crippen molar-refractivity contribution in [2.45, 2.75) is 13.5 Å². The van der Waals surface area contributed by atoms with Crippen molar-refractivity contribution in [3.05, 3.63) is 69.5 Å². The molecule has 0 spiro atoms. The average molecular weight is 437 g/mol. The molecule has 3 rings (SSSR count). The minimum Gasteiger partial charge on any atom is -0.459 e. The summed E-state index contributed by atoms with van der Waals surface area (Å²) in [6.45, 7) is 2.45. The van der Waals surface area contributed by atoms with E-state index in [4.69, 9.17) is 28.2 Å². The summed E-state index contributed by atoms with van der Waals surface area (Å²) in [5.74, 6) is 2.30. The molecule has 128 valence electrons. The monoisotopic (exact) mass is 435 g/mol. The van der Waals surface area contributed by atoms with Crippen molar-refractivity contribution < 1.29 is 4.42 Å². The first kappa shape index (κ1) is 17.9. The van der Waals surface area contributed by atoms with Gasteiger partial charge in [-0.25, -0.2) is 4.98 Å². The van der Waals surface area contributed by atoms with Gasteiger partial charge in [-0.15, -0.1) is 0 Å². The molecule has 3 aromatic rings. The van der Waals surface area contributed by atoms with Crippen LogP contribution in [-0.2, 0) is 6.54 Å². The van der Waals surface area contributed by atoms with Crippen molar-refractivity contribution in [3.63, 3.8) is 0 Å².